The molecule has 1 heterocycles. The number of carbonyl (C=O) groups is 2. The lowest BCUT2D eigenvalue weighted by Crippen LogP contribution is -2.13. The number of nitrogens with zero attached hydrogens (tertiary/aromatic N) is 1. The number of anilines is 1. The van der Waals surface area contributed by atoms with Crippen molar-refractivity contribution in [3.63, 3.8) is 0 Å². The second-order valence-corrected chi connectivity index (χ2v) is 5.94. The van der Waals surface area contributed by atoms with Crippen molar-refractivity contribution in [1.82, 2.24) is 0 Å². The number of nitrogens with one attached hydrogen (secondary N) is 1. The summed E-state index contributed by atoms with van der Waals surface area (Å²) in [7, 11) is 1.31. The van der Waals surface area contributed by atoms with Gasteiger partial charge >= 0.3 is 5.97 Å². The van der Waals surface area contributed by atoms with Crippen molar-refractivity contribution in [1.29, 1.82) is 5.26 Å². The Labute approximate surface area is 166 Å². The predicted molar refractivity (Wildman–Crippen MR) is 106 cm³/mol. The molecule has 0 radical (unpaired) electrons. The van der Waals surface area contributed by atoms with E-state index in [9.17, 15) is 20.0 Å². The molecule has 0 aliphatic rings. The third-order valence-corrected chi connectivity index (χ3v) is 3.99. The van der Waals surface area contributed by atoms with Crippen molar-refractivity contribution in [2.75, 3.05) is 12.4 Å². The van der Waals surface area contributed by atoms with Gasteiger partial charge in [0.2, 0.25) is 0 Å². The van der Waals surface area contributed by atoms with Crippen LogP contribution in [0.4, 0.5) is 5.69 Å². The Morgan fingerprint density at radius 1 is 1.07 bits per heavy atom. The molecule has 2 aromatic carbocycles. The van der Waals surface area contributed by atoms with Gasteiger partial charge in [0.15, 0.2) is 0 Å². The van der Waals surface area contributed by atoms with E-state index in [0.717, 1.165) is 5.56 Å². The first-order valence-electron chi connectivity index (χ1n) is 8.51. The fourth-order valence-corrected chi connectivity index (χ4v) is 2.51. The zero-order valence-corrected chi connectivity index (χ0v) is 15.4. The molecule has 0 saturated heterocycles. The fourth-order valence-electron chi connectivity index (χ4n) is 2.51. The molecule has 0 bridgehead atoms. The maximum atomic E-state index is 12.3. The van der Waals surface area contributed by atoms with Gasteiger partial charge in [-0.3, -0.25) is 4.79 Å². The number of hydrogen-bond acceptors (Lipinski definition) is 6. The molecule has 0 unspecified atom stereocenters. The Bertz CT molecular complexity index is 1100. The van der Waals surface area contributed by atoms with Crippen LogP contribution in [0.25, 0.3) is 17.4 Å². The molecule has 1 amide bonds. The zero-order valence-electron chi connectivity index (χ0n) is 15.4. The van der Waals surface area contributed by atoms with Gasteiger partial charge in [-0.05, 0) is 48.5 Å². The second kappa shape index (κ2) is 8.59. The zero-order chi connectivity index (χ0) is 20.8. The van der Waals surface area contributed by atoms with Crippen LogP contribution in [0.1, 0.15) is 16.1 Å². The highest BCUT2D eigenvalue weighted by Crippen LogP contribution is 2.24. The Morgan fingerprint density at radius 2 is 1.76 bits per heavy atom. The average Bonchev–Trinajstić information content (AvgIpc) is 3.21. The molecule has 0 aliphatic heterocycles. The molecule has 0 aliphatic carbocycles. The smallest absolute Gasteiger partial charge is 0.337 e. The molecule has 0 spiro atoms. The summed E-state index contributed by atoms with van der Waals surface area (Å²) in [5.41, 5.74) is 1.45. The Balaban J connectivity index is 1.76. The first-order valence-corrected chi connectivity index (χ1v) is 8.51. The Morgan fingerprint density at radius 3 is 2.38 bits per heavy atom. The lowest BCUT2D eigenvalue weighted by Gasteiger charge is -2.04. The monoisotopic (exact) mass is 388 g/mol. The largest absolute Gasteiger partial charge is 0.508 e. The summed E-state index contributed by atoms with van der Waals surface area (Å²) in [5.74, 6) is -0.114. The quantitative estimate of drug-likeness (QED) is 0.296. The Kier molecular flexibility index (Phi) is 5.76. The SMILES string of the molecule is COC(=O)c1ccc(-c2ccc(C=C(C#N)C(=O)Nc3ccc(O)cc3)o2)cc1. The van der Waals surface area contributed by atoms with Crippen LogP contribution < -0.4 is 5.32 Å². The van der Waals surface area contributed by atoms with Crippen LogP contribution in [0, 0.1) is 11.3 Å². The highest BCUT2D eigenvalue weighted by molar-refractivity contribution is 6.09. The van der Waals surface area contributed by atoms with Crippen LogP contribution in [0.5, 0.6) is 5.75 Å². The summed E-state index contributed by atoms with van der Waals surface area (Å²) < 4.78 is 10.3. The van der Waals surface area contributed by atoms with Gasteiger partial charge in [0, 0.05) is 17.3 Å². The molecule has 144 valence electrons. The van der Waals surface area contributed by atoms with Crippen molar-refractivity contribution in [2.45, 2.75) is 0 Å². The van der Waals surface area contributed by atoms with E-state index in [4.69, 9.17) is 4.42 Å². The number of benzene rings is 2. The summed E-state index contributed by atoms with van der Waals surface area (Å²) in [6.07, 6.45) is 1.34. The van der Waals surface area contributed by atoms with Gasteiger partial charge in [-0.15, -0.1) is 0 Å². The number of methoxy groups -OCH3 is 1. The van der Waals surface area contributed by atoms with E-state index >= 15 is 0 Å². The molecule has 29 heavy (non-hydrogen) atoms. The van der Waals surface area contributed by atoms with E-state index < -0.39 is 11.9 Å². The molecule has 2 N–H and O–H groups in total. The number of hydrogen-bond donors (Lipinski definition) is 2. The summed E-state index contributed by atoms with van der Waals surface area (Å²) >= 11 is 0. The average molecular weight is 388 g/mol. The topological polar surface area (TPSA) is 113 Å². The van der Waals surface area contributed by atoms with Crippen LogP contribution in [0.15, 0.2) is 70.7 Å². The van der Waals surface area contributed by atoms with E-state index in [2.05, 4.69) is 10.1 Å². The molecule has 1 aromatic heterocycles. The van der Waals surface area contributed by atoms with Gasteiger partial charge in [-0.1, -0.05) is 12.1 Å². The number of nitriles is 1. The number of carbonyl (C=O) groups excluding carboxylic acids is 2. The summed E-state index contributed by atoms with van der Waals surface area (Å²) in [4.78, 5) is 23.8. The number of phenolic OH excluding ortho intramolecular Hbond substituents is 1. The van der Waals surface area contributed by atoms with E-state index in [1.165, 1.54) is 37.5 Å². The molecular formula is C22H16N2O5. The van der Waals surface area contributed by atoms with Crippen molar-refractivity contribution < 1.29 is 23.8 Å². The first-order chi connectivity index (χ1) is 14.0. The van der Waals surface area contributed by atoms with E-state index in [0.29, 0.717) is 22.8 Å². The number of rotatable bonds is 5. The van der Waals surface area contributed by atoms with Crippen molar-refractivity contribution >= 4 is 23.6 Å². The third-order valence-electron chi connectivity index (χ3n) is 3.99. The third kappa shape index (κ3) is 4.70. The number of phenols is 1. The van der Waals surface area contributed by atoms with Crippen LogP contribution in [0.3, 0.4) is 0 Å². The van der Waals surface area contributed by atoms with Crippen LogP contribution >= 0.6 is 0 Å². The highest BCUT2D eigenvalue weighted by atomic mass is 16.5. The van der Waals surface area contributed by atoms with Gasteiger partial charge in [0.1, 0.15) is 28.9 Å². The van der Waals surface area contributed by atoms with Crippen LogP contribution in [-0.4, -0.2) is 24.1 Å². The molecule has 0 fully saturated rings. The Hall–Kier alpha value is -4.31. The van der Waals surface area contributed by atoms with Crippen molar-refractivity contribution in [2.24, 2.45) is 0 Å². The number of amides is 1. The number of ether oxygens (including phenoxy) is 1. The molecule has 3 aromatic rings. The molecule has 7 nitrogen and oxygen atoms in total. The molecule has 0 atom stereocenters. The summed E-state index contributed by atoms with van der Waals surface area (Å²) in [5, 5.41) is 21.2. The van der Waals surface area contributed by atoms with Crippen LogP contribution in [0.2, 0.25) is 0 Å². The number of aromatic hydroxyl groups is 1. The minimum atomic E-state index is -0.599. The normalized spacial score (nSPS) is 10.8. The highest BCUT2D eigenvalue weighted by Gasteiger charge is 2.12. The summed E-state index contributed by atoms with van der Waals surface area (Å²) in [6.45, 7) is 0. The van der Waals surface area contributed by atoms with E-state index in [-0.39, 0.29) is 11.3 Å². The van der Waals surface area contributed by atoms with Gasteiger partial charge in [-0.2, -0.15) is 5.26 Å². The van der Waals surface area contributed by atoms with Gasteiger partial charge in [0.25, 0.3) is 5.91 Å². The maximum absolute atomic E-state index is 12.3. The second-order valence-electron chi connectivity index (χ2n) is 5.94. The molecule has 0 saturated carbocycles. The van der Waals surface area contributed by atoms with Crippen LogP contribution in [-0.2, 0) is 9.53 Å². The van der Waals surface area contributed by atoms with Crippen molar-refractivity contribution in [3.8, 4) is 23.1 Å². The number of furan rings is 1. The van der Waals surface area contributed by atoms with Gasteiger partial charge in [0.05, 0.1) is 12.7 Å². The molecular weight excluding hydrogens is 372 g/mol. The lowest BCUT2D eigenvalue weighted by molar-refractivity contribution is -0.112. The van der Waals surface area contributed by atoms with E-state index in [1.54, 1.807) is 36.4 Å². The maximum Gasteiger partial charge on any atom is 0.337 e. The minimum Gasteiger partial charge on any atom is -0.508 e. The minimum absolute atomic E-state index is 0.0711. The first kappa shape index (κ1) is 19.5. The summed E-state index contributed by atoms with van der Waals surface area (Å²) in [6, 6.07) is 17.7. The van der Waals surface area contributed by atoms with Crippen molar-refractivity contribution in [3.05, 3.63) is 77.6 Å². The fraction of sp³-hybridized carbons (Fsp3) is 0.0455. The lowest BCUT2D eigenvalue weighted by atomic mass is 10.1. The molecule has 3 rings (SSSR count). The predicted octanol–water partition coefficient (Wildman–Crippen LogP) is 3.98. The standard InChI is InChI=1S/C22H16N2O5/c1-28-22(27)15-4-2-14(3-5-15)20-11-10-19(29-20)12-16(13-23)21(26)24-17-6-8-18(25)9-7-17/h2-12,25H,1H3,(H,24,26). The van der Waals surface area contributed by atoms with Gasteiger partial charge in [-0.25, -0.2) is 4.79 Å². The van der Waals surface area contributed by atoms with Gasteiger partial charge < -0.3 is 19.6 Å². The van der Waals surface area contributed by atoms with E-state index in [1.807, 2.05) is 6.07 Å². The molecule has 7 heteroatoms. The number of esters is 1.